The molecule has 4 aromatic rings. The summed E-state index contributed by atoms with van der Waals surface area (Å²) in [5.41, 5.74) is 2.03. The highest BCUT2D eigenvalue weighted by molar-refractivity contribution is 6.31. The molecule has 8 nitrogen and oxygen atoms in total. The minimum Gasteiger partial charge on any atom is -0.444 e. The molecule has 3 heterocycles. The molecule has 1 atom stereocenters. The molecule has 0 aliphatic carbocycles. The number of H-pyrrole nitrogens is 1. The number of halogens is 1. The number of rotatable bonds is 4. The summed E-state index contributed by atoms with van der Waals surface area (Å²) in [4.78, 5) is 35.8. The highest BCUT2D eigenvalue weighted by atomic mass is 35.5. The Hall–Kier alpha value is -3.52. The van der Waals surface area contributed by atoms with Gasteiger partial charge in [-0.15, -0.1) is 0 Å². The van der Waals surface area contributed by atoms with Crippen LogP contribution in [0.1, 0.15) is 39.2 Å². The van der Waals surface area contributed by atoms with Gasteiger partial charge in [0.25, 0.3) is 5.56 Å². The fraction of sp³-hybridized carbons (Fsp3) is 0.370. The average Bonchev–Trinajstić information content (AvgIpc) is 3.20. The number of nitrogens with zero attached hydrogens (tertiary/aromatic N) is 3. The van der Waals surface area contributed by atoms with Gasteiger partial charge in [0, 0.05) is 29.5 Å². The van der Waals surface area contributed by atoms with Crippen LogP contribution in [0.4, 0.5) is 10.7 Å². The van der Waals surface area contributed by atoms with E-state index in [0.717, 1.165) is 35.9 Å². The summed E-state index contributed by atoms with van der Waals surface area (Å²) in [7, 11) is 0. The Morgan fingerprint density at radius 1 is 1.19 bits per heavy atom. The summed E-state index contributed by atoms with van der Waals surface area (Å²) in [6.45, 7) is 7.25. The highest BCUT2D eigenvalue weighted by Gasteiger charge is 2.28. The number of pyridine rings is 1. The van der Waals surface area contributed by atoms with E-state index in [2.05, 4.69) is 15.2 Å². The van der Waals surface area contributed by atoms with Gasteiger partial charge in [0.2, 0.25) is 5.95 Å². The van der Waals surface area contributed by atoms with Crippen LogP contribution in [-0.2, 0) is 11.3 Å². The number of ether oxygens (including phenoxy) is 1. The molecule has 0 spiro atoms. The zero-order valence-electron chi connectivity index (χ0n) is 20.7. The molecule has 1 aliphatic rings. The van der Waals surface area contributed by atoms with Gasteiger partial charge in [-0.3, -0.25) is 4.79 Å². The van der Waals surface area contributed by atoms with Gasteiger partial charge >= 0.3 is 6.09 Å². The monoisotopic (exact) mass is 507 g/mol. The molecule has 1 amide bonds. The highest BCUT2D eigenvalue weighted by Crippen LogP contribution is 2.30. The van der Waals surface area contributed by atoms with E-state index in [4.69, 9.17) is 21.3 Å². The predicted octanol–water partition coefficient (Wildman–Crippen LogP) is 5.07. The van der Waals surface area contributed by atoms with Gasteiger partial charge in [-0.1, -0.05) is 48.0 Å². The van der Waals surface area contributed by atoms with E-state index in [0.29, 0.717) is 35.1 Å². The van der Waals surface area contributed by atoms with Crippen molar-refractivity contribution in [2.24, 2.45) is 0 Å². The van der Waals surface area contributed by atoms with E-state index in [9.17, 15) is 9.59 Å². The molecule has 0 unspecified atom stereocenters. The van der Waals surface area contributed by atoms with E-state index in [1.54, 1.807) is 0 Å². The van der Waals surface area contributed by atoms with Crippen molar-refractivity contribution in [1.29, 1.82) is 0 Å². The van der Waals surface area contributed by atoms with Gasteiger partial charge in [0.1, 0.15) is 16.6 Å². The van der Waals surface area contributed by atoms with Crippen LogP contribution in [0.3, 0.4) is 0 Å². The number of piperidine rings is 1. The van der Waals surface area contributed by atoms with Gasteiger partial charge in [-0.25, -0.2) is 9.78 Å². The van der Waals surface area contributed by atoms with E-state index in [1.165, 1.54) is 0 Å². The maximum absolute atomic E-state index is 13.3. The largest absolute Gasteiger partial charge is 0.444 e. The first-order valence-electron chi connectivity index (χ1n) is 12.2. The first-order chi connectivity index (χ1) is 17.2. The molecule has 0 saturated carbocycles. The number of carbonyl (C=O) groups is 1. The third-order valence-electron chi connectivity index (χ3n) is 6.30. The standard InChI is InChI=1S/C27H30ClN5O3/c1-27(2,3)36-26(35)29-18-10-8-14-32(16-18)25-31-22-19-11-5-7-13-21(19)30-24(34)23(22)33(25)15-17-9-4-6-12-20(17)28/h4-7,9,11-13,18H,8,10,14-16H2,1-3H3,(H,29,35)(H,30,34)/t18-/m1/s1. The Morgan fingerprint density at radius 2 is 1.94 bits per heavy atom. The minimum absolute atomic E-state index is 0.0998. The average molecular weight is 508 g/mol. The molecule has 188 valence electrons. The van der Waals surface area contributed by atoms with Gasteiger partial charge in [-0.2, -0.15) is 0 Å². The second-order valence-electron chi connectivity index (χ2n) is 10.2. The Kier molecular flexibility index (Phi) is 6.38. The third-order valence-corrected chi connectivity index (χ3v) is 6.67. The first-order valence-corrected chi connectivity index (χ1v) is 12.6. The first kappa shape index (κ1) is 24.2. The lowest BCUT2D eigenvalue weighted by molar-refractivity contribution is 0.0500. The van der Waals surface area contributed by atoms with Crippen LogP contribution in [0.15, 0.2) is 53.3 Å². The summed E-state index contributed by atoms with van der Waals surface area (Å²) >= 11 is 6.50. The van der Waals surface area contributed by atoms with E-state index >= 15 is 0 Å². The number of para-hydroxylation sites is 1. The van der Waals surface area contributed by atoms with Crippen LogP contribution in [-0.4, -0.2) is 45.4 Å². The molecule has 2 aromatic heterocycles. The van der Waals surface area contributed by atoms with Crippen molar-refractivity contribution in [1.82, 2.24) is 19.9 Å². The number of hydrogen-bond donors (Lipinski definition) is 2. The number of fused-ring (bicyclic) bond motifs is 3. The van der Waals surface area contributed by atoms with Gasteiger partial charge in [0.05, 0.1) is 12.1 Å². The lowest BCUT2D eigenvalue weighted by Gasteiger charge is -2.34. The number of amides is 1. The van der Waals surface area contributed by atoms with Crippen LogP contribution in [0, 0.1) is 0 Å². The van der Waals surface area contributed by atoms with Gasteiger partial charge < -0.3 is 24.5 Å². The maximum atomic E-state index is 13.3. The molecule has 5 rings (SSSR count). The van der Waals surface area contributed by atoms with Crippen LogP contribution in [0.25, 0.3) is 21.9 Å². The fourth-order valence-corrected chi connectivity index (χ4v) is 4.97. The van der Waals surface area contributed by atoms with Crippen LogP contribution >= 0.6 is 11.6 Å². The van der Waals surface area contributed by atoms with Crippen molar-refractivity contribution in [3.8, 4) is 0 Å². The Balaban J connectivity index is 1.57. The van der Waals surface area contributed by atoms with Gasteiger partial charge in [-0.05, 0) is 51.3 Å². The molecule has 0 bridgehead atoms. The molecule has 0 radical (unpaired) electrons. The number of hydrogen-bond acceptors (Lipinski definition) is 5. The third kappa shape index (κ3) is 4.91. The predicted molar refractivity (Wildman–Crippen MR) is 143 cm³/mol. The molecule has 9 heteroatoms. The number of anilines is 1. The van der Waals surface area contributed by atoms with Crippen molar-refractivity contribution in [3.05, 3.63) is 69.5 Å². The summed E-state index contributed by atoms with van der Waals surface area (Å²) in [5, 5.41) is 4.51. The zero-order valence-corrected chi connectivity index (χ0v) is 21.4. The van der Waals surface area contributed by atoms with Crippen LogP contribution in [0.2, 0.25) is 5.02 Å². The molecule has 2 aromatic carbocycles. The van der Waals surface area contributed by atoms with Gasteiger partial charge in [0.15, 0.2) is 0 Å². The molecular formula is C27H30ClN5O3. The maximum Gasteiger partial charge on any atom is 0.407 e. The second-order valence-corrected chi connectivity index (χ2v) is 10.6. The number of imidazole rings is 1. The number of aromatic nitrogens is 3. The SMILES string of the molecule is CC(C)(C)OC(=O)N[C@@H]1CCCN(c2nc3c4ccccc4[nH]c(=O)c3n2Cc2ccccc2Cl)C1. The van der Waals surface area contributed by atoms with E-state index in [1.807, 2.05) is 73.9 Å². The molecule has 1 saturated heterocycles. The van der Waals surface area contributed by atoms with Crippen molar-refractivity contribution >= 4 is 45.6 Å². The number of carbonyl (C=O) groups excluding carboxylic acids is 1. The summed E-state index contributed by atoms with van der Waals surface area (Å²) in [5.74, 6) is 0.683. The summed E-state index contributed by atoms with van der Waals surface area (Å²) in [6.07, 6.45) is 1.28. The van der Waals surface area contributed by atoms with E-state index in [-0.39, 0.29) is 11.6 Å². The quantitative estimate of drug-likeness (QED) is 0.402. The number of nitrogens with one attached hydrogen (secondary N) is 2. The zero-order chi connectivity index (χ0) is 25.4. The normalized spacial score (nSPS) is 16.4. The molecule has 1 aliphatic heterocycles. The lowest BCUT2D eigenvalue weighted by atomic mass is 10.1. The molecular weight excluding hydrogens is 478 g/mol. The topological polar surface area (TPSA) is 92.2 Å². The van der Waals surface area contributed by atoms with Crippen molar-refractivity contribution in [3.63, 3.8) is 0 Å². The Labute approximate surface area is 214 Å². The fourth-order valence-electron chi connectivity index (χ4n) is 4.78. The van der Waals surface area contributed by atoms with Crippen LogP contribution < -0.4 is 15.8 Å². The summed E-state index contributed by atoms with van der Waals surface area (Å²) < 4.78 is 7.40. The Bertz CT molecular complexity index is 1490. The molecule has 2 N–H and O–H groups in total. The molecule has 1 fully saturated rings. The molecule has 36 heavy (non-hydrogen) atoms. The summed E-state index contributed by atoms with van der Waals surface area (Å²) in [6, 6.07) is 15.2. The lowest BCUT2D eigenvalue weighted by Crippen LogP contribution is -2.49. The van der Waals surface area contributed by atoms with Crippen molar-refractivity contribution in [2.45, 2.75) is 51.8 Å². The smallest absolute Gasteiger partial charge is 0.407 e. The second kappa shape index (κ2) is 9.50. The van der Waals surface area contributed by atoms with Crippen molar-refractivity contribution in [2.75, 3.05) is 18.0 Å². The van der Waals surface area contributed by atoms with Crippen molar-refractivity contribution < 1.29 is 9.53 Å². The number of aromatic amines is 1. The van der Waals surface area contributed by atoms with E-state index < -0.39 is 11.7 Å². The Morgan fingerprint density at radius 3 is 2.72 bits per heavy atom. The minimum atomic E-state index is -0.566. The van der Waals surface area contributed by atoms with Crippen LogP contribution in [0.5, 0.6) is 0 Å². The number of alkyl carbamates (subject to hydrolysis) is 1. The number of benzene rings is 2.